The van der Waals surface area contributed by atoms with Crippen molar-refractivity contribution in [1.82, 2.24) is 46.2 Å². The van der Waals surface area contributed by atoms with Gasteiger partial charge < -0.3 is 0 Å². The normalized spacial score (nSPS) is 11.9. The van der Waals surface area contributed by atoms with Crippen molar-refractivity contribution in [1.29, 1.82) is 0 Å². The summed E-state index contributed by atoms with van der Waals surface area (Å²) in [5, 5.41) is 31.1. The van der Waals surface area contributed by atoms with E-state index < -0.39 is 0 Å². The highest BCUT2D eigenvalue weighted by Gasteiger charge is 2.08. The second-order valence-corrected chi connectivity index (χ2v) is 3.89. The number of allylic oxidation sites excluding steroid dienone is 1. The summed E-state index contributed by atoms with van der Waals surface area (Å²) in [6.45, 7) is 0. The van der Waals surface area contributed by atoms with Crippen molar-refractivity contribution in [2.75, 3.05) is 0 Å². The summed E-state index contributed by atoms with van der Waals surface area (Å²) in [6, 6.07) is 0. The zero-order chi connectivity index (χ0) is 12.9. The Bertz CT molecular complexity index is 621. The molecule has 0 spiro atoms. The molecule has 0 saturated carbocycles. The molecule has 0 atom stereocenters. The molecule has 9 heteroatoms. The summed E-state index contributed by atoms with van der Waals surface area (Å²) in [5.74, 6) is 0. The van der Waals surface area contributed by atoms with E-state index in [1.807, 2.05) is 6.08 Å². The molecule has 0 aromatic carbocycles. The Hall–Kier alpha value is -2.84. The summed E-state index contributed by atoms with van der Waals surface area (Å²) >= 11 is 0. The van der Waals surface area contributed by atoms with Crippen LogP contribution in [0.25, 0.3) is 11.6 Å². The van der Waals surface area contributed by atoms with Gasteiger partial charge in [-0.05, 0) is 24.5 Å². The fourth-order valence-corrected chi connectivity index (χ4v) is 1.70. The molecule has 19 heavy (non-hydrogen) atoms. The van der Waals surface area contributed by atoms with Gasteiger partial charge in [0.2, 0.25) is 0 Å². The van der Waals surface area contributed by atoms with Crippen LogP contribution in [0.3, 0.4) is 0 Å². The molecule has 96 valence electrons. The van der Waals surface area contributed by atoms with E-state index in [0.29, 0.717) is 0 Å². The van der Waals surface area contributed by atoms with Crippen LogP contribution in [-0.2, 0) is 6.42 Å². The predicted octanol–water partition coefficient (Wildman–Crippen LogP) is 0.214. The Morgan fingerprint density at radius 2 is 1.74 bits per heavy atom. The zero-order valence-corrected chi connectivity index (χ0v) is 9.91. The third-order valence-corrected chi connectivity index (χ3v) is 2.62. The minimum atomic E-state index is 0.748. The van der Waals surface area contributed by atoms with E-state index in [4.69, 9.17) is 0 Å². The number of rotatable bonds is 5. The van der Waals surface area contributed by atoms with Crippen LogP contribution in [0.1, 0.15) is 23.5 Å². The van der Waals surface area contributed by atoms with Crippen molar-refractivity contribution in [2.45, 2.75) is 12.8 Å². The van der Waals surface area contributed by atoms with Crippen LogP contribution < -0.4 is 0 Å². The highest BCUT2D eigenvalue weighted by atomic mass is 15.3. The quantitative estimate of drug-likeness (QED) is 0.600. The van der Waals surface area contributed by atoms with Gasteiger partial charge in [0.1, 0.15) is 11.4 Å². The smallest absolute Gasteiger partial charge is 0.108 e. The zero-order valence-electron chi connectivity index (χ0n) is 9.91. The maximum absolute atomic E-state index is 4.02. The number of aromatic amines is 3. The molecule has 0 aliphatic carbocycles. The third kappa shape index (κ3) is 2.70. The minimum Gasteiger partial charge on any atom is -0.265 e. The first-order chi connectivity index (χ1) is 9.42. The van der Waals surface area contributed by atoms with E-state index in [9.17, 15) is 0 Å². The summed E-state index contributed by atoms with van der Waals surface area (Å²) in [7, 11) is 0. The molecule has 3 N–H and O–H groups in total. The van der Waals surface area contributed by atoms with Crippen molar-refractivity contribution in [3.63, 3.8) is 0 Å². The van der Waals surface area contributed by atoms with Crippen molar-refractivity contribution in [3.05, 3.63) is 35.7 Å². The molecule has 3 aromatic heterocycles. The Kier molecular flexibility index (Phi) is 3.09. The number of hydrogen-bond acceptors (Lipinski definition) is 6. The Morgan fingerprint density at radius 3 is 2.42 bits per heavy atom. The topological polar surface area (TPSA) is 125 Å². The summed E-state index contributed by atoms with van der Waals surface area (Å²) < 4.78 is 0. The molecule has 3 aromatic rings. The lowest BCUT2D eigenvalue weighted by atomic mass is 10.1. The lowest BCUT2D eigenvalue weighted by Gasteiger charge is -2.01. The molecule has 0 aliphatic rings. The molecule has 0 unspecified atom stereocenters. The highest BCUT2D eigenvalue weighted by Crippen LogP contribution is 2.19. The first-order valence-corrected chi connectivity index (χ1v) is 5.71. The van der Waals surface area contributed by atoms with Crippen LogP contribution in [0, 0.1) is 0 Å². The lowest BCUT2D eigenvalue weighted by molar-refractivity contribution is 0.885. The van der Waals surface area contributed by atoms with Gasteiger partial charge in [0.25, 0.3) is 0 Å². The Balaban J connectivity index is 1.81. The van der Waals surface area contributed by atoms with E-state index in [0.717, 1.165) is 35.5 Å². The van der Waals surface area contributed by atoms with Gasteiger partial charge in [-0.2, -0.15) is 0 Å². The number of nitrogens with zero attached hydrogens (tertiary/aromatic N) is 6. The molecule has 0 radical (unpaired) electrons. The van der Waals surface area contributed by atoms with E-state index in [1.54, 1.807) is 18.6 Å². The fraction of sp³-hybridized carbons (Fsp3) is 0.200. The standard InChI is InChI=1S/C10H11N9/c1(2-8-4-11-17-14-8)7(10-6-13-19-16-10)3-9-5-12-18-15-9/h3-6H,1-2H2,(H,11,14,17)(H,12,15,18)(H,13,16,19). The first-order valence-electron chi connectivity index (χ1n) is 5.71. The van der Waals surface area contributed by atoms with E-state index in [1.165, 1.54) is 0 Å². The van der Waals surface area contributed by atoms with Gasteiger partial charge in [0.05, 0.1) is 5.69 Å². The fourth-order valence-electron chi connectivity index (χ4n) is 1.70. The van der Waals surface area contributed by atoms with Crippen LogP contribution >= 0.6 is 0 Å². The molecule has 0 aliphatic heterocycles. The van der Waals surface area contributed by atoms with Crippen molar-refractivity contribution in [3.8, 4) is 0 Å². The summed E-state index contributed by atoms with van der Waals surface area (Å²) in [6.07, 6.45) is 8.67. The average molecular weight is 257 g/mol. The maximum Gasteiger partial charge on any atom is 0.108 e. The molecule has 0 saturated heterocycles. The molecule has 9 nitrogen and oxygen atoms in total. The Labute approximate surface area is 107 Å². The monoisotopic (exact) mass is 257 g/mol. The van der Waals surface area contributed by atoms with Gasteiger partial charge in [-0.15, -0.1) is 15.3 Å². The number of aryl methyl sites for hydroxylation is 1. The van der Waals surface area contributed by atoms with Gasteiger partial charge in [-0.3, -0.25) is 15.3 Å². The van der Waals surface area contributed by atoms with Crippen LogP contribution in [0.5, 0.6) is 0 Å². The molecular weight excluding hydrogens is 246 g/mol. The van der Waals surface area contributed by atoms with E-state index >= 15 is 0 Å². The van der Waals surface area contributed by atoms with Crippen LogP contribution in [0.2, 0.25) is 0 Å². The largest absolute Gasteiger partial charge is 0.265 e. The van der Waals surface area contributed by atoms with Crippen molar-refractivity contribution >= 4 is 11.6 Å². The van der Waals surface area contributed by atoms with Crippen molar-refractivity contribution in [2.24, 2.45) is 0 Å². The minimum absolute atomic E-state index is 0.748. The summed E-state index contributed by atoms with van der Waals surface area (Å²) in [4.78, 5) is 0. The highest BCUT2D eigenvalue weighted by molar-refractivity contribution is 5.78. The number of hydrogen-bond donors (Lipinski definition) is 3. The number of H-pyrrole nitrogens is 3. The molecule has 3 heterocycles. The predicted molar refractivity (Wildman–Crippen MR) is 65.3 cm³/mol. The molecular formula is C10H11N9. The van der Waals surface area contributed by atoms with Crippen molar-refractivity contribution < 1.29 is 0 Å². The average Bonchev–Trinajstić information content (AvgIpc) is 3.15. The van der Waals surface area contributed by atoms with Gasteiger partial charge in [-0.1, -0.05) is 15.6 Å². The van der Waals surface area contributed by atoms with Crippen LogP contribution in [0.15, 0.2) is 18.6 Å². The number of nitrogens with one attached hydrogen (secondary N) is 3. The van der Waals surface area contributed by atoms with Gasteiger partial charge >= 0.3 is 0 Å². The van der Waals surface area contributed by atoms with E-state index in [-0.39, 0.29) is 0 Å². The van der Waals surface area contributed by atoms with Crippen LogP contribution in [0.4, 0.5) is 0 Å². The SMILES string of the molecule is C(=C(CCc1c[nH]nn1)c1c[nH]nn1)c1c[nH]nn1. The summed E-state index contributed by atoms with van der Waals surface area (Å²) in [5.41, 5.74) is 3.44. The Morgan fingerprint density at radius 1 is 0.947 bits per heavy atom. The molecule has 0 fully saturated rings. The molecule has 0 bridgehead atoms. The maximum atomic E-state index is 4.02. The molecule has 0 amide bonds. The first kappa shape index (κ1) is 11.3. The second-order valence-electron chi connectivity index (χ2n) is 3.89. The van der Waals surface area contributed by atoms with Gasteiger partial charge in [0, 0.05) is 18.6 Å². The third-order valence-electron chi connectivity index (χ3n) is 2.62. The molecule has 3 rings (SSSR count). The lowest BCUT2D eigenvalue weighted by Crippen LogP contribution is -1.91. The van der Waals surface area contributed by atoms with Gasteiger partial charge in [0.15, 0.2) is 0 Å². The van der Waals surface area contributed by atoms with E-state index in [2.05, 4.69) is 46.2 Å². The van der Waals surface area contributed by atoms with Gasteiger partial charge in [-0.25, -0.2) is 0 Å². The van der Waals surface area contributed by atoms with Crippen LogP contribution in [-0.4, -0.2) is 46.2 Å². The second kappa shape index (κ2) is 5.21. The number of aromatic nitrogens is 9.